The Bertz CT molecular complexity index is 577. The van der Waals surface area contributed by atoms with Crippen LogP contribution in [0.3, 0.4) is 0 Å². The van der Waals surface area contributed by atoms with Crippen LogP contribution >= 0.6 is 0 Å². The third kappa shape index (κ3) is 6.69. The van der Waals surface area contributed by atoms with Gasteiger partial charge in [0.15, 0.2) is 0 Å². The van der Waals surface area contributed by atoms with Gasteiger partial charge < -0.3 is 20.5 Å². The lowest BCUT2D eigenvalue weighted by molar-refractivity contribution is -0.153. The maximum absolute atomic E-state index is 11.7. The first kappa shape index (κ1) is 19.0. The number of carboxylic acids is 1. The number of carboxylic acid groups (broad SMARTS) is 1. The predicted molar refractivity (Wildman–Crippen MR) is 89.6 cm³/mol. The lowest BCUT2D eigenvalue weighted by Gasteiger charge is -2.20. The Hall–Kier alpha value is -2.08. The van der Waals surface area contributed by atoms with Gasteiger partial charge in [0.25, 0.3) is 0 Å². The van der Waals surface area contributed by atoms with Gasteiger partial charge in [-0.05, 0) is 50.5 Å². The van der Waals surface area contributed by atoms with Crippen LogP contribution < -0.4 is 10.6 Å². The third-order valence-electron chi connectivity index (χ3n) is 3.20. The monoisotopic (exact) mass is 322 g/mol. The zero-order chi connectivity index (χ0) is 17.6. The summed E-state index contributed by atoms with van der Waals surface area (Å²) in [6.45, 7) is 8.00. The van der Waals surface area contributed by atoms with Crippen molar-refractivity contribution >= 4 is 17.6 Å². The normalized spacial score (nSPS) is 11.2. The Labute approximate surface area is 137 Å². The summed E-state index contributed by atoms with van der Waals surface area (Å²) in [7, 11) is 1.80. The fraction of sp³-hybridized carbons (Fsp3) is 0.529. The Morgan fingerprint density at radius 3 is 2.43 bits per heavy atom. The number of ether oxygens (including phenoxy) is 1. The molecule has 0 aliphatic rings. The average molecular weight is 322 g/mol. The van der Waals surface area contributed by atoms with E-state index >= 15 is 0 Å². The second-order valence-electron chi connectivity index (χ2n) is 6.44. The maximum atomic E-state index is 11.7. The fourth-order valence-electron chi connectivity index (χ4n) is 2.24. The van der Waals surface area contributed by atoms with Crippen molar-refractivity contribution in [2.24, 2.45) is 0 Å². The average Bonchev–Trinajstić information content (AvgIpc) is 2.39. The summed E-state index contributed by atoms with van der Waals surface area (Å²) in [6.07, 6.45) is -0.0337. The zero-order valence-corrected chi connectivity index (χ0v) is 14.4. The van der Waals surface area contributed by atoms with Crippen LogP contribution in [-0.2, 0) is 27.3 Å². The Balaban J connectivity index is 2.75. The molecule has 0 aliphatic carbocycles. The molecule has 6 nitrogen and oxygen atoms in total. The summed E-state index contributed by atoms with van der Waals surface area (Å²) in [5, 5.41) is 15.1. The number of anilines is 1. The molecule has 128 valence electrons. The quantitative estimate of drug-likeness (QED) is 0.666. The molecule has 0 amide bonds. The summed E-state index contributed by atoms with van der Waals surface area (Å²) in [5.74, 6) is -1.19. The number of nitrogens with one attached hydrogen (secondary N) is 2. The van der Waals surface area contributed by atoms with Gasteiger partial charge in [0, 0.05) is 19.3 Å². The molecule has 0 saturated heterocycles. The Morgan fingerprint density at radius 2 is 1.91 bits per heavy atom. The van der Waals surface area contributed by atoms with Crippen LogP contribution in [0, 0.1) is 6.92 Å². The van der Waals surface area contributed by atoms with Gasteiger partial charge in [0.05, 0.1) is 13.0 Å². The highest BCUT2D eigenvalue weighted by molar-refractivity contribution is 5.72. The van der Waals surface area contributed by atoms with Crippen molar-refractivity contribution in [3.05, 3.63) is 28.8 Å². The van der Waals surface area contributed by atoms with Crippen molar-refractivity contribution in [1.29, 1.82) is 0 Å². The van der Waals surface area contributed by atoms with E-state index in [1.165, 1.54) is 0 Å². The highest BCUT2D eigenvalue weighted by Crippen LogP contribution is 2.22. The molecule has 3 N–H and O–H groups in total. The number of hydrogen-bond donors (Lipinski definition) is 3. The highest BCUT2D eigenvalue weighted by Gasteiger charge is 2.16. The fourth-order valence-corrected chi connectivity index (χ4v) is 2.24. The number of carbonyl (C=O) groups is 2. The van der Waals surface area contributed by atoms with Gasteiger partial charge in [0.1, 0.15) is 5.60 Å². The number of esters is 1. The Morgan fingerprint density at radius 1 is 1.26 bits per heavy atom. The van der Waals surface area contributed by atoms with Crippen LogP contribution in [0.25, 0.3) is 0 Å². The number of rotatable bonds is 7. The lowest BCUT2D eigenvalue weighted by atomic mass is 10.0. The molecule has 1 rings (SSSR count). The molecule has 1 aromatic carbocycles. The zero-order valence-electron chi connectivity index (χ0n) is 14.4. The standard InChI is InChI=1S/C17H26N2O4/c1-11-13(9-19-10-16(22)23-17(2,3)4)6-12(8-15(20)21)7-14(11)18-5/h6-7,18-19H,8-10H2,1-5H3,(H,20,21). The molecule has 0 atom stereocenters. The summed E-state index contributed by atoms with van der Waals surface area (Å²) in [6, 6.07) is 3.69. The number of carbonyl (C=O) groups excluding carboxylic acids is 1. The summed E-state index contributed by atoms with van der Waals surface area (Å²) in [4.78, 5) is 22.6. The first-order valence-electron chi connectivity index (χ1n) is 7.57. The van der Waals surface area contributed by atoms with Crippen molar-refractivity contribution < 1.29 is 19.4 Å². The van der Waals surface area contributed by atoms with Gasteiger partial charge in [-0.2, -0.15) is 0 Å². The van der Waals surface area contributed by atoms with E-state index in [1.54, 1.807) is 7.05 Å². The van der Waals surface area contributed by atoms with Crippen molar-refractivity contribution in [3.8, 4) is 0 Å². The molecule has 0 unspecified atom stereocenters. The van der Waals surface area contributed by atoms with Crippen LogP contribution in [0.2, 0.25) is 0 Å². The first-order valence-corrected chi connectivity index (χ1v) is 7.57. The van der Waals surface area contributed by atoms with E-state index in [-0.39, 0.29) is 18.9 Å². The topological polar surface area (TPSA) is 87.7 Å². The van der Waals surface area contributed by atoms with E-state index in [4.69, 9.17) is 9.84 Å². The van der Waals surface area contributed by atoms with Crippen molar-refractivity contribution in [1.82, 2.24) is 5.32 Å². The number of benzene rings is 1. The molecule has 0 heterocycles. The molecule has 0 aromatic heterocycles. The maximum Gasteiger partial charge on any atom is 0.320 e. The molecule has 0 saturated carbocycles. The minimum atomic E-state index is -0.872. The van der Waals surface area contributed by atoms with Gasteiger partial charge in [-0.1, -0.05) is 6.07 Å². The molecule has 1 aromatic rings. The van der Waals surface area contributed by atoms with Crippen molar-refractivity contribution in [2.45, 2.75) is 46.3 Å². The van der Waals surface area contributed by atoms with E-state index in [2.05, 4.69) is 10.6 Å². The van der Waals surface area contributed by atoms with E-state index in [1.807, 2.05) is 39.8 Å². The molecule has 0 radical (unpaired) electrons. The van der Waals surface area contributed by atoms with Crippen LogP contribution in [-0.4, -0.2) is 36.2 Å². The first-order chi connectivity index (χ1) is 10.6. The smallest absolute Gasteiger partial charge is 0.320 e. The number of aliphatic carboxylic acids is 1. The SMILES string of the molecule is CNc1cc(CC(=O)O)cc(CNCC(=O)OC(C)(C)C)c1C. The molecule has 23 heavy (non-hydrogen) atoms. The van der Waals surface area contributed by atoms with Gasteiger partial charge in [-0.25, -0.2) is 0 Å². The van der Waals surface area contributed by atoms with Crippen LogP contribution in [0.4, 0.5) is 5.69 Å². The van der Waals surface area contributed by atoms with Gasteiger partial charge >= 0.3 is 11.9 Å². The molecule has 0 spiro atoms. The molecule has 0 aliphatic heterocycles. The predicted octanol–water partition coefficient (Wildman–Crippen LogP) is 2.10. The van der Waals surface area contributed by atoms with E-state index < -0.39 is 11.6 Å². The van der Waals surface area contributed by atoms with Crippen molar-refractivity contribution in [2.75, 3.05) is 18.9 Å². The van der Waals surface area contributed by atoms with Crippen molar-refractivity contribution in [3.63, 3.8) is 0 Å². The molecular weight excluding hydrogens is 296 g/mol. The van der Waals surface area contributed by atoms with Gasteiger partial charge in [-0.3, -0.25) is 9.59 Å². The largest absolute Gasteiger partial charge is 0.481 e. The van der Waals surface area contributed by atoms with E-state index in [0.29, 0.717) is 6.54 Å². The van der Waals surface area contributed by atoms with E-state index in [0.717, 1.165) is 22.4 Å². The van der Waals surface area contributed by atoms with Crippen LogP contribution in [0.1, 0.15) is 37.5 Å². The third-order valence-corrected chi connectivity index (χ3v) is 3.20. The minimum absolute atomic E-state index is 0.0337. The molecule has 0 bridgehead atoms. The summed E-state index contributed by atoms with van der Waals surface area (Å²) in [5.41, 5.74) is 3.09. The van der Waals surface area contributed by atoms with Gasteiger partial charge in [0.2, 0.25) is 0 Å². The van der Waals surface area contributed by atoms with Gasteiger partial charge in [-0.15, -0.1) is 0 Å². The second-order valence-corrected chi connectivity index (χ2v) is 6.44. The molecule has 6 heteroatoms. The molecule has 0 fully saturated rings. The molecular formula is C17H26N2O4. The highest BCUT2D eigenvalue weighted by atomic mass is 16.6. The second kappa shape index (κ2) is 7.97. The summed E-state index contributed by atoms with van der Waals surface area (Å²) >= 11 is 0. The lowest BCUT2D eigenvalue weighted by Crippen LogP contribution is -2.31. The minimum Gasteiger partial charge on any atom is -0.481 e. The summed E-state index contributed by atoms with van der Waals surface area (Å²) < 4.78 is 5.24. The Kier molecular flexibility index (Phi) is 6.57. The van der Waals surface area contributed by atoms with Crippen LogP contribution in [0.5, 0.6) is 0 Å². The van der Waals surface area contributed by atoms with Crippen LogP contribution in [0.15, 0.2) is 12.1 Å². The number of hydrogen-bond acceptors (Lipinski definition) is 5. The van der Waals surface area contributed by atoms with E-state index in [9.17, 15) is 9.59 Å².